The molecule has 5 rings (SSSR count). The molecule has 7 heteroatoms. The Kier molecular flexibility index (Phi) is 4.63. The number of aromatic nitrogens is 4. The van der Waals surface area contributed by atoms with Crippen molar-refractivity contribution in [3.8, 4) is 0 Å². The number of rotatable bonds is 5. The molecule has 2 aromatic heterocycles. The number of hydrogen-bond acceptors (Lipinski definition) is 4. The number of imidazole rings is 1. The van der Waals surface area contributed by atoms with E-state index in [1.54, 1.807) is 18.3 Å². The van der Waals surface area contributed by atoms with Gasteiger partial charge in [-0.15, -0.1) is 0 Å². The van der Waals surface area contributed by atoms with Gasteiger partial charge in [0.1, 0.15) is 0 Å². The van der Waals surface area contributed by atoms with E-state index in [9.17, 15) is 4.79 Å². The SMILES string of the molecule is CC(C)c1ccccc1Nc1nc2ccc(NC(=O)c3ccc4cn[nH]c4c3)cc2[nH]1. The predicted molar refractivity (Wildman–Crippen MR) is 124 cm³/mol. The van der Waals surface area contributed by atoms with E-state index < -0.39 is 0 Å². The highest BCUT2D eigenvalue weighted by Gasteiger charge is 2.11. The zero-order valence-electron chi connectivity index (χ0n) is 17.2. The van der Waals surface area contributed by atoms with Crippen molar-refractivity contribution >= 4 is 45.2 Å². The summed E-state index contributed by atoms with van der Waals surface area (Å²) in [5.41, 5.74) is 6.00. The van der Waals surface area contributed by atoms with Crippen LogP contribution in [0.25, 0.3) is 21.9 Å². The van der Waals surface area contributed by atoms with E-state index >= 15 is 0 Å². The second-order valence-electron chi connectivity index (χ2n) is 7.81. The van der Waals surface area contributed by atoms with Crippen LogP contribution < -0.4 is 10.6 Å². The Labute approximate surface area is 178 Å². The second kappa shape index (κ2) is 7.60. The average molecular weight is 410 g/mol. The lowest BCUT2D eigenvalue weighted by molar-refractivity contribution is 0.102. The van der Waals surface area contributed by atoms with Crippen LogP contribution in [-0.4, -0.2) is 26.1 Å². The molecular formula is C24H22N6O. The second-order valence-corrected chi connectivity index (χ2v) is 7.81. The standard InChI is InChI=1S/C24H22N6O/c1-14(2)18-5-3-4-6-19(18)27-24-28-20-10-9-17(12-22(20)29-24)26-23(31)15-7-8-16-13-25-30-21(16)11-15/h3-14H,1-2H3,(H,25,30)(H,26,31)(H2,27,28,29). The Hall–Kier alpha value is -4.13. The molecule has 0 radical (unpaired) electrons. The molecule has 0 aliphatic rings. The molecule has 1 amide bonds. The summed E-state index contributed by atoms with van der Waals surface area (Å²) in [5, 5.41) is 14.2. The summed E-state index contributed by atoms with van der Waals surface area (Å²) >= 11 is 0. The minimum Gasteiger partial charge on any atom is -0.325 e. The van der Waals surface area contributed by atoms with Crippen molar-refractivity contribution in [1.29, 1.82) is 0 Å². The van der Waals surface area contributed by atoms with Crippen molar-refractivity contribution in [1.82, 2.24) is 20.2 Å². The Balaban J connectivity index is 1.37. The maximum atomic E-state index is 12.7. The molecule has 154 valence electrons. The summed E-state index contributed by atoms with van der Waals surface area (Å²) < 4.78 is 0. The van der Waals surface area contributed by atoms with Crippen molar-refractivity contribution < 1.29 is 4.79 Å². The molecule has 0 saturated carbocycles. The van der Waals surface area contributed by atoms with E-state index in [1.165, 1.54) is 5.56 Å². The number of aromatic amines is 2. The Morgan fingerprint density at radius 2 is 1.87 bits per heavy atom. The molecular weight excluding hydrogens is 388 g/mol. The fourth-order valence-electron chi connectivity index (χ4n) is 3.67. The first-order valence-electron chi connectivity index (χ1n) is 10.2. The van der Waals surface area contributed by atoms with Crippen LogP contribution in [0.1, 0.15) is 35.7 Å². The first-order valence-corrected chi connectivity index (χ1v) is 10.2. The maximum Gasteiger partial charge on any atom is 0.255 e. The monoisotopic (exact) mass is 410 g/mol. The summed E-state index contributed by atoms with van der Waals surface area (Å²) in [6.45, 7) is 4.33. The van der Waals surface area contributed by atoms with Gasteiger partial charge in [-0.1, -0.05) is 38.1 Å². The molecule has 5 aromatic rings. The third-order valence-electron chi connectivity index (χ3n) is 5.28. The van der Waals surface area contributed by atoms with Crippen LogP contribution in [-0.2, 0) is 0 Å². The van der Waals surface area contributed by atoms with Gasteiger partial charge in [0, 0.05) is 22.3 Å². The van der Waals surface area contributed by atoms with Gasteiger partial charge in [-0.25, -0.2) is 4.98 Å². The van der Waals surface area contributed by atoms with Gasteiger partial charge >= 0.3 is 0 Å². The van der Waals surface area contributed by atoms with Crippen molar-refractivity contribution in [2.24, 2.45) is 0 Å². The van der Waals surface area contributed by atoms with Crippen molar-refractivity contribution in [3.63, 3.8) is 0 Å². The number of nitrogens with one attached hydrogen (secondary N) is 4. The van der Waals surface area contributed by atoms with E-state index in [1.807, 2.05) is 42.5 Å². The summed E-state index contributed by atoms with van der Waals surface area (Å²) in [7, 11) is 0. The molecule has 0 atom stereocenters. The van der Waals surface area contributed by atoms with Crippen LogP contribution in [0, 0.1) is 0 Å². The van der Waals surface area contributed by atoms with E-state index in [-0.39, 0.29) is 5.91 Å². The first kappa shape index (κ1) is 18.9. The largest absolute Gasteiger partial charge is 0.325 e. The lowest BCUT2D eigenvalue weighted by atomic mass is 10.0. The van der Waals surface area contributed by atoms with E-state index in [2.05, 4.69) is 50.7 Å². The quantitative estimate of drug-likeness (QED) is 0.305. The van der Waals surface area contributed by atoms with E-state index in [0.717, 1.165) is 27.6 Å². The van der Waals surface area contributed by atoms with Crippen molar-refractivity contribution in [2.45, 2.75) is 19.8 Å². The number of H-pyrrole nitrogens is 2. The molecule has 3 aromatic carbocycles. The van der Waals surface area contributed by atoms with Crippen molar-refractivity contribution in [3.05, 3.63) is 78.0 Å². The van der Waals surface area contributed by atoms with Gasteiger partial charge in [0.2, 0.25) is 5.95 Å². The van der Waals surface area contributed by atoms with Gasteiger partial charge in [0.25, 0.3) is 5.91 Å². The summed E-state index contributed by atoms with van der Waals surface area (Å²) in [6, 6.07) is 19.3. The third-order valence-corrected chi connectivity index (χ3v) is 5.28. The number of fused-ring (bicyclic) bond motifs is 2. The summed E-state index contributed by atoms with van der Waals surface area (Å²) in [5.74, 6) is 0.881. The van der Waals surface area contributed by atoms with Crippen molar-refractivity contribution in [2.75, 3.05) is 10.6 Å². The highest BCUT2D eigenvalue weighted by atomic mass is 16.1. The van der Waals surface area contributed by atoms with Gasteiger partial charge in [-0.05, 0) is 47.9 Å². The van der Waals surface area contributed by atoms with Crippen LogP contribution >= 0.6 is 0 Å². The molecule has 4 N–H and O–H groups in total. The van der Waals surface area contributed by atoms with Crippen LogP contribution in [0.3, 0.4) is 0 Å². The third kappa shape index (κ3) is 3.73. The summed E-state index contributed by atoms with van der Waals surface area (Å²) in [4.78, 5) is 20.6. The fraction of sp³-hybridized carbons (Fsp3) is 0.125. The normalized spacial score (nSPS) is 11.3. The predicted octanol–water partition coefficient (Wildman–Crippen LogP) is 5.56. The molecule has 0 aliphatic carbocycles. The topological polar surface area (TPSA) is 98.5 Å². The van der Waals surface area contributed by atoms with Gasteiger partial charge in [-0.2, -0.15) is 5.10 Å². The number of carbonyl (C=O) groups is 1. The zero-order valence-corrected chi connectivity index (χ0v) is 17.2. The molecule has 7 nitrogen and oxygen atoms in total. The zero-order chi connectivity index (χ0) is 21.4. The van der Waals surface area contributed by atoms with Crippen LogP contribution in [0.4, 0.5) is 17.3 Å². The van der Waals surface area contributed by atoms with E-state index in [0.29, 0.717) is 23.1 Å². The molecule has 0 aliphatic heterocycles. The minimum atomic E-state index is -0.181. The number of anilines is 3. The number of benzene rings is 3. The number of carbonyl (C=O) groups excluding carboxylic acids is 1. The molecule has 0 fully saturated rings. The highest BCUT2D eigenvalue weighted by Crippen LogP contribution is 2.27. The van der Waals surface area contributed by atoms with E-state index in [4.69, 9.17) is 0 Å². The van der Waals surface area contributed by atoms with Gasteiger partial charge in [0.15, 0.2) is 0 Å². The molecule has 2 heterocycles. The van der Waals surface area contributed by atoms with Crippen LogP contribution in [0.15, 0.2) is 66.9 Å². The van der Waals surface area contributed by atoms with Crippen LogP contribution in [0.5, 0.6) is 0 Å². The van der Waals surface area contributed by atoms with Crippen LogP contribution in [0.2, 0.25) is 0 Å². The molecule has 0 spiro atoms. The Morgan fingerprint density at radius 3 is 2.74 bits per heavy atom. The number of hydrogen-bond donors (Lipinski definition) is 4. The lowest BCUT2D eigenvalue weighted by Crippen LogP contribution is -2.11. The number of para-hydroxylation sites is 1. The van der Waals surface area contributed by atoms with Gasteiger partial charge < -0.3 is 15.6 Å². The highest BCUT2D eigenvalue weighted by molar-refractivity contribution is 6.06. The number of nitrogens with zero attached hydrogens (tertiary/aromatic N) is 2. The molecule has 0 unspecified atom stereocenters. The first-order chi connectivity index (χ1) is 15.1. The fourth-order valence-corrected chi connectivity index (χ4v) is 3.67. The van der Waals surface area contributed by atoms with Gasteiger partial charge in [-0.3, -0.25) is 9.89 Å². The minimum absolute atomic E-state index is 0.181. The Morgan fingerprint density at radius 1 is 1.00 bits per heavy atom. The lowest BCUT2D eigenvalue weighted by Gasteiger charge is -2.12. The number of amides is 1. The molecule has 31 heavy (non-hydrogen) atoms. The average Bonchev–Trinajstić information content (AvgIpc) is 3.39. The maximum absolute atomic E-state index is 12.7. The molecule has 0 bridgehead atoms. The molecule has 0 saturated heterocycles. The smallest absolute Gasteiger partial charge is 0.255 e. The Bertz CT molecular complexity index is 1400. The summed E-state index contributed by atoms with van der Waals surface area (Å²) in [6.07, 6.45) is 1.73. The van der Waals surface area contributed by atoms with Gasteiger partial charge in [0.05, 0.1) is 22.7 Å².